The Hall–Kier alpha value is -1.16. The molecular weight excluding hydrogens is 280 g/mol. The zero-order chi connectivity index (χ0) is 14.5. The van der Waals surface area contributed by atoms with Gasteiger partial charge >= 0.3 is 0 Å². The first-order chi connectivity index (χ1) is 10.3. The van der Waals surface area contributed by atoms with Gasteiger partial charge in [0.2, 0.25) is 0 Å². The molecule has 1 aliphatic heterocycles. The Morgan fingerprint density at radius 2 is 2.05 bits per heavy atom. The third-order valence-corrected chi connectivity index (χ3v) is 5.24. The van der Waals surface area contributed by atoms with Crippen molar-refractivity contribution in [1.82, 2.24) is 0 Å². The number of nitrogens with one attached hydrogen (secondary N) is 1. The SMILES string of the molecule is CCCOc1ccc(NC2=NC3CCCCC3CS2)cc1. The molecule has 1 heterocycles. The van der Waals surface area contributed by atoms with Crippen LogP contribution in [0.1, 0.15) is 39.0 Å². The van der Waals surface area contributed by atoms with Crippen LogP contribution in [0.3, 0.4) is 0 Å². The zero-order valence-electron chi connectivity index (χ0n) is 12.7. The van der Waals surface area contributed by atoms with E-state index in [1.54, 1.807) is 0 Å². The summed E-state index contributed by atoms with van der Waals surface area (Å²) in [7, 11) is 0. The molecule has 1 saturated carbocycles. The molecule has 0 bridgehead atoms. The average molecular weight is 304 g/mol. The van der Waals surface area contributed by atoms with E-state index in [4.69, 9.17) is 9.73 Å². The summed E-state index contributed by atoms with van der Waals surface area (Å²) in [5.41, 5.74) is 1.10. The highest BCUT2D eigenvalue weighted by atomic mass is 32.2. The highest BCUT2D eigenvalue weighted by molar-refractivity contribution is 8.14. The summed E-state index contributed by atoms with van der Waals surface area (Å²) < 4.78 is 5.61. The molecule has 2 aliphatic rings. The number of rotatable bonds is 4. The fourth-order valence-electron chi connectivity index (χ4n) is 2.97. The van der Waals surface area contributed by atoms with E-state index in [2.05, 4.69) is 24.4 Å². The van der Waals surface area contributed by atoms with Crippen LogP contribution in [0.2, 0.25) is 0 Å². The Bertz CT molecular complexity index is 486. The first-order valence-corrected chi connectivity index (χ1v) is 9.04. The first kappa shape index (κ1) is 14.8. The summed E-state index contributed by atoms with van der Waals surface area (Å²) in [6.07, 6.45) is 6.39. The average Bonchev–Trinajstić information content (AvgIpc) is 2.54. The number of hydrogen-bond acceptors (Lipinski definition) is 4. The minimum atomic E-state index is 0.551. The van der Waals surface area contributed by atoms with Crippen LogP contribution in [-0.4, -0.2) is 23.6 Å². The molecule has 114 valence electrons. The van der Waals surface area contributed by atoms with Crippen LogP contribution in [0, 0.1) is 5.92 Å². The second-order valence-corrected chi connectivity index (χ2v) is 6.86. The van der Waals surface area contributed by atoms with Crippen LogP contribution in [0.15, 0.2) is 29.3 Å². The Labute approximate surface area is 131 Å². The van der Waals surface area contributed by atoms with Crippen molar-refractivity contribution in [3.8, 4) is 5.75 Å². The molecule has 1 fully saturated rings. The van der Waals surface area contributed by atoms with Gasteiger partial charge in [0.1, 0.15) is 5.75 Å². The van der Waals surface area contributed by atoms with E-state index < -0.39 is 0 Å². The molecule has 0 radical (unpaired) electrons. The van der Waals surface area contributed by atoms with Crippen molar-refractivity contribution in [3.05, 3.63) is 24.3 Å². The lowest BCUT2D eigenvalue weighted by Gasteiger charge is -2.32. The molecule has 3 rings (SSSR count). The second kappa shape index (κ2) is 7.21. The normalized spacial score (nSPS) is 24.9. The zero-order valence-corrected chi connectivity index (χ0v) is 13.5. The fourth-order valence-corrected chi connectivity index (χ4v) is 4.13. The van der Waals surface area contributed by atoms with Gasteiger partial charge in [-0.25, -0.2) is 0 Å². The van der Waals surface area contributed by atoms with Gasteiger partial charge in [0.15, 0.2) is 5.17 Å². The van der Waals surface area contributed by atoms with Gasteiger partial charge in [-0.2, -0.15) is 0 Å². The van der Waals surface area contributed by atoms with Crippen LogP contribution in [0.4, 0.5) is 5.69 Å². The first-order valence-electron chi connectivity index (χ1n) is 8.05. The van der Waals surface area contributed by atoms with Crippen LogP contribution in [0.25, 0.3) is 0 Å². The van der Waals surface area contributed by atoms with E-state index in [9.17, 15) is 0 Å². The molecule has 1 aromatic carbocycles. The number of nitrogens with zero attached hydrogens (tertiary/aromatic N) is 1. The van der Waals surface area contributed by atoms with Crippen molar-refractivity contribution in [2.24, 2.45) is 10.9 Å². The fraction of sp³-hybridized carbons (Fsp3) is 0.588. The van der Waals surface area contributed by atoms with E-state index in [0.29, 0.717) is 6.04 Å². The second-order valence-electron chi connectivity index (χ2n) is 5.85. The highest BCUT2D eigenvalue weighted by Crippen LogP contribution is 2.34. The summed E-state index contributed by atoms with van der Waals surface area (Å²) in [6.45, 7) is 2.89. The van der Waals surface area contributed by atoms with Gasteiger partial charge in [-0.3, -0.25) is 4.99 Å². The topological polar surface area (TPSA) is 33.6 Å². The molecular formula is C17H24N2OS. The number of benzene rings is 1. The summed E-state index contributed by atoms with van der Waals surface area (Å²) in [6, 6.07) is 8.74. The molecule has 0 amide bonds. The molecule has 0 saturated heterocycles. The van der Waals surface area contributed by atoms with E-state index in [1.165, 1.54) is 31.4 Å². The van der Waals surface area contributed by atoms with Crippen molar-refractivity contribution in [2.45, 2.75) is 45.1 Å². The van der Waals surface area contributed by atoms with Gasteiger partial charge < -0.3 is 10.1 Å². The Morgan fingerprint density at radius 3 is 2.86 bits per heavy atom. The summed E-state index contributed by atoms with van der Waals surface area (Å²) in [4.78, 5) is 4.91. The lowest BCUT2D eigenvalue weighted by atomic mass is 9.86. The third kappa shape index (κ3) is 3.94. The van der Waals surface area contributed by atoms with Gasteiger partial charge in [-0.1, -0.05) is 31.5 Å². The van der Waals surface area contributed by atoms with Gasteiger partial charge in [-0.05, 0) is 49.4 Å². The van der Waals surface area contributed by atoms with Crippen molar-refractivity contribution < 1.29 is 4.74 Å². The summed E-state index contributed by atoms with van der Waals surface area (Å²) in [5, 5.41) is 4.54. The number of aliphatic imine (C=N–C) groups is 1. The summed E-state index contributed by atoms with van der Waals surface area (Å²) in [5.74, 6) is 2.96. The number of fused-ring (bicyclic) bond motifs is 1. The van der Waals surface area contributed by atoms with Gasteiger partial charge in [-0.15, -0.1) is 0 Å². The molecule has 21 heavy (non-hydrogen) atoms. The quantitative estimate of drug-likeness (QED) is 0.886. The van der Waals surface area contributed by atoms with E-state index in [0.717, 1.165) is 35.6 Å². The van der Waals surface area contributed by atoms with Crippen molar-refractivity contribution in [1.29, 1.82) is 0 Å². The molecule has 3 nitrogen and oxygen atoms in total. The predicted octanol–water partition coefficient (Wildman–Crippen LogP) is 4.55. The summed E-state index contributed by atoms with van der Waals surface area (Å²) >= 11 is 1.87. The van der Waals surface area contributed by atoms with Crippen LogP contribution in [0.5, 0.6) is 5.75 Å². The van der Waals surface area contributed by atoms with Gasteiger partial charge in [0.05, 0.1) is 12.6 Å². The number of hydrogen-bond donors (Lipinski definition) is 1. The van der Waals surface area contributed by atoms with E-state index in [-0.39, 0.29) is 0 Å². The molecule has 2 atom stereocenters. The largest absolute Gasteiger partial charge is 0.494 e. The van der Waals surface area contributed by atoms with Crippen LogP contribution in [-0.2, 0) is 0 Å². The Morgan fingerprint density at radius 1 is 1.24 bits per heavy atom. The van der Waals surface area contributed by atoms with Crippen molar-refractivity contribution in [3.63, 3.8) is 0 Å². The molecule has 2 unspecified atom stereocenters. The molecule has 1 N–H and O–H groups in total. The lowest BCUT2D eigenvalue weighted by Crippen LogP contribution is -2.31. The molecule has 4 heteroatoms. The van der Waals surface area contributed by atoms with Crippen LogP contribution < -0.4 is 10.1 Å². The highest BCUT2D eigenvalue weighted by Gasteiger charge is 2.29. The standard InChI is InChI=1S/C17H24N2OS/c1-2-11-20-15-9-7-14(8-10-15)18-17-19-16-6-4-3-5-13(16)12-21-17/h7-10,13,16H,2-6,11-12H2,1H3,(H,18,19). The van der Waals surface area contributed by atoms with E-state index >= 15 is 0 Å². The monoisotopic (exact) mass is 304 g/mol. The minimum absolute atomic E-state index is 0.551. The number of ether oxygens (including phenoxy) is 1. The maximum absolute atomic E-state index is 5.61. The minimum Gasteiger partial charge on any atom is -0.494 e. The maximum atomic E-state index is 5.61. The smallest absolute Gasteiger partial charge is 0.161 e. The van der Waals surface area contributed by atoms with Crippen LogP contribution >= 0.6 is 11.8 Å². The maximum Gasteiger partial charge on any atom is 0.161 e. The Kier molecular flexibility index (Phi) is 5.07. The molecule has 0 aromatic heterocycles. The van der Waals surface area contributed by atoms with Gasteiger partial charge in [0.25, 0.3) is 0 Å². The molecule has 1 aliphatic carbocycles. The number of anilines is 1. The lowest BCUT2D eigenvalue weighted by molar-refractivity contribution is 0.317. The van der Waals surface area contributed by atoms with Gasteiger partial charge in [0, 0.05) is 11.4 Å². The number of thioether (sulfide) groups is 1. The Balaban J connectivity index is 1.59. The third-order valence-electron chi connectivity index (χ3n) is 4.16. The van der Waals surface area contributed by atoms with E-state index in [1.807, 2.05) is 23.9 Å². The molecule has 0 spiro atoms. The van der Waals surface area contributed by atoms with Crippen molar-refractivity contribution in [2.75, 3.05) is 17.7 Å². The van der Waals surface area contributed by atoms with Crippen molar-refractivity contribution >= 4 is 22.6 Å². The molecule has 1 aromatic rings. The number of amidine groups is 1. The predicted molar refractivity (Wildman–Crippen MR) is 91.5 cm³/mol.